The summed E-state index contributed by atoms with van der Waals surface area (Å²) in [5.41, 5.74) is 11.1. The highest BCUT2D eigenvalue weighted by atomic mass is 16.2. The van der Waals surface area contributed by atoms with Crippen molar-refractivity contribution in [1.82, 2.24) is 4.90 Å². The first-order valence-corrected chi connectivity index (χ1v) is 9.44. The molecule has 1 amide bonds. The molecule has 1 aliphatic heterocycles. The third kappa shape index (κ3) is 3.91. The van der Waals surface area contributed by atoms with E-state index >= 15 is 0 Å². The lowest BCUT2D eigenvalue weighted by Gasteiger charge is -2.35. The minimum Gasteiger partial charge on any atom is -0.355 e. The first-order valence-electron chi connectivity index (χ1n) is 9.44. The number of carbonyl (C=O) groups excluding carboxylic acids is 1. The molecule has 2 unspecified atom stereocenters. The number of hydrogen-bond acceptors (Lipinski definition) is 3. The quantitative estimate of drug-likeness (QED) is 0.866. The molecule has 3 N–H and O–H groups in total. The fourth-order valence-corrected chi connectivity index (χ4v) is 3.60. The molecule has 1 heterocycles. The van der Waals surface area contributed by atoms with Crippen molar-refractivity contribution in [3.63, 3.8) is 0 Å². The van der Waals surface area contributed by atoms with Gasteiger partial charge in [-0.25, -0.2) is 0 Å². The number of piperidine rings is 1. The number of aryl methyl sites for hydroxylation is 1. The maximum absolute atomic E-state index is 13.2. The molecule has 0 spiro atoms. The van der Waals surface area contributed by atoms with E-state index in [2.05, 4.69) is 31.3 Å². The average molecular weight is 351 g/mol. The van der Waals surface area contributed by atoms with Crippen LogP contribution in [0.4, 0.5) is 11.4 Å². The number of nitrogens with one attached hydrogen (secondary N) is 1. The molecule has 0 bridgehead atoms. The Morgan fingerprint density at radius 3 is 2.65 bits per heavy atom. The molecule has 0 saturated carbocycles. The number of likely N-dealkylation sites (tertiary alicyclic amines) is 1. The average Bonchev–Trinajstić information content (AvgIpc) is 2.65. The van der Waals surface area contributed by atoms with Gasteiger partial charge in [-0.1, -0.05) is 24.3 Å². The summed E-state index contributed by atoms with van der Waals surface area (Å²) in [4.78, 5) is 15.1. The zero-order valence-electron chi connectivity index (χ0n) is 16.0. The van der Waals surface area contributed by atoms with Crippen molar-refractivity contribution in [1.29, 1.82) is 0 Å². The van der Waals surface area contributed by atoms with Gasteiger partial charge < -0.3 is 16.0 Å². The molecule has 2 aromatic carbocycles. The van der Waals surface area contributed by atoms with Crippen LogP contribution in [0.15, 0.2) is 42.5 Å². The van der Waals surface area contributed by atoms with E-state index in [1.165, 1.54) is 11.1 Å². The van der Waals surface area contributed by atoms with Crippen LogP contribution < -0.4 is 11.1 Å². The van der Waals surface area contributed by atoms with E-state index in [4.69, 9.17) is 5.73 Å². The monoisotopic (exact) mass is 351 g/mol. The molecule has 0 radical (unpaired) electrons. The first kappa shape index (κ1) is 18.5. The van der Waals surface area contributed by atoms with Crippen molar-refractivity contribution < 1.29 is 4.79 Å². The number of carbonyl (C=O) groups is 1. The number of amides is 1. The summed E-state index contributed by atoms with van der Waals surface area (Å²) < 4.78 is 0. The molecule has 26 heavy (non-hydrogen) atoms. The summed E-state index contributed by atoms with van der Waals surface area (Å²) >= 11 is 0. The lowest BCUT2D eigenvalue weighted by Crippen LogP contribution is -2.45. The van der Waals surface area contributed by atoms with Gasteiger partial charge in [0.1, 0.15) is 0 Å². The molecular weight excluding hydrogens is 322 g/mol. The van der Waals surface area contributed by atoms with E-state index < -0.39 is 0 Å². The van der Waals surface area contributed by atoms with Gasteiger partial charge in [0, 0.05) is 24.8 Å². The molecular formula is C22H29N3O. The van der Waals surface area contributed by atoms with E-state index in [0.29, 0.717) is 5.92 Å². The third-order valence-electron chi connectivity index (χ3n) is 5.52. The van der Waals surface area contributed by atoms with Crippen LogP contribution in [0.25, 0.3) is 0 Å². The Morgan fingerprint density at radius 2 is 1.88 bits per heavy atom. The Balaban J connectivity index is 1.85. The molecule has 0 aromatic heterocycles. The predicted octanol–water partition coefficient (Wildman–Crippen LogP) is 4.25. The number of benzene rings is 2. The smallest absolute Gasteiger partial charge is 0.255 e. The van der Waals surface area contributed by atoms with E-state index in [1.807, 2.05) is 42.2 Å². The van der Waals surface area contributed by atoms with Crippen LogP contribution >= 0.6 is 0 Å². The Morgan fingerprint density at radius 1 is 1.15 bits per heavy atom. The van der Waals surface area contributed by atoms with Gasteiger partial charge in [-0.15, -0.1) is 0 Å². The largest absolute Gasteiger partial charge is 0.355 e. The van der Waals surface area contributed by atoms with Crippen LogP contribution in [-0.4, -0.2) is 29.9 Å². The maximum Gasteiger partial charge on any atom is 0.255 e. The first-order chi connectivity index (χ1) is 12.5. The van der Waals surface area contributed by atoms with E-state index in [1.54, 1.807) is 0 Å². The van der Waals surface area contributed by atoms with Gasteiger partial charge in [0.05, 0.1) is 11.3 Å². The summed E-state index contributed by atoms with van der Waals surface area (Å²) in [5.74, 6) is 0.468. The zero-order chi connectivity index (χ0) is 18.7. The Hall–Kier alpha value is -2.33. The minimum absolute atomic E-state index is 0.0868. The standard InChI is InChI=1S/C22H29N3O/c1-15-8-6-12-20(16(15)2)24-21-11-5-4-10-19(21)22(26)25-13-7-9-18(14-25)17(3)23/h4-6,8,10-12,17-18,24H,7,9,13-14,23H2,1-3H3. The molecule has 1 saturated heterocycles. The Bertz CT molecular complexity index is 785. The molecule has 4 heteroatoms. The molecule has 0 aliphatic carbocycles. The van der Waals surface area contributed by atoms with E-state index in [9.17, 15) is 4.79 Å². The van der Waals surface area contributed by atoms with Crippen molar-refractivity contribution in [3.8, 4) is 0 Å². The second-order valence-electron chi connectivity index (χ2n) is 7.43. The number of rotatable bonds is 4. The molecule has 1 aliphatic rings. The summed E-state index contributed by atoms with van der Waals surface area (Å²) in [6.07, 6.45) is 2.12. The second-order valence-corrected chi connectivity index (χ2v) is 7.43. The molecule has 2 aromatic rings. The number of nitrogens with two attached hydrogens (primary N) is 1. The van der Waals surface area contributed by atoms with Crippen LogP contribution in [0.2, 0.25) is 0 Å². The highest BCUT2D eigenvalue weighted by Crippen LogP contribution is 2.27. The SMILES string of the molecule is Cc1cccc(Nc2ccccc2C(=O)N2CCCC(C(C)N)C2)c1C. The van der Waals surface area contributed by atoms with Crippen LogP contribution in [0, 0.1) is 19.8 Å². The lowest BCUT2D eigenvalue weighted by atomic mass is 9.91. The van der Waals surface area contributed by atoms with Gasteiger partial charge in [0.15, 0.2) is 0 Å². The van der Waals surface area contributed by atoms with Crippen LogP contribution in [0.5, 0.6) is 0 Å². The van der Waals surface area contributed by atoms with Crippen molar-refractivity contribution in [2.75, 3.05) is 18.4 Å². The van der Waals surface area contributed by atoms with Crippen molar-refractivity contribution in [2.45, 2.75) is 39.7 Å². The topological polar surface area (TPSA) is 58.4 Å². The number of para-hydroxylation sites is 1. The van der Waals surface area contributed by atoms with Crippen LogP contribution in [0.3, 0.4) is 0 Å². The molecule has 4 nitrogen and oxygen atoms in total. The summed E-state index contributed by atoms with van der Waals surface area (Å²) in [6.45, 7) is 7.78. The van der Waals surface area contributed by atoms with Crippen molar-refractivity contribution in [2.24, 2.45) is 11.7 Å². The predicted molar refractivity (Wildman–Crippen MR) is 108 cm³/mol. The number of anilines is 2. The van der Waals surface area contributed by atoms with Crippen LogP contribution in [-0.2, 0) is 0 Å². The molecule has 2 atom stereocenters. The third-order valence-corrected chi connectivity index (χ3v) is 5.52. The summed E-state index contributed by atoms with van der Waals surface area (Å²) in [6, 6.07) is 14.1. The Kier molecular flexibility index (Phi) is 5.62. The minimum atomic E-state index is 0.0868. The van der Waals surface area contributed by atoms with Crippen molar-refractivity contribution >= 4 is 17.3 Å². The van der Waals surface area contributed by atoms with E-state index in [0.717, 1.165) is 42.9 Å². The molecule has 1 fully saturated rings. The second kappa shape index (κ2) is 7.92. The van der Waals surface area contributed by atoms with Crippen LogP contribution in [0.1, 0.15) is 41.3 Å². The van der Waals surface area contributed by atoms with Gasteiger partial charge in [-0.2, -0.15) is 0 Å². The number of nitrogens with zero attached hydrogens (tertiary/aromatic N) is 1. The highest BCUT2D eigenvalue weighted by molar-refractivity contribution is 6.00. The van der Waals surface area contributed by atoms with Gasteiger partial charge >= 0.3 is 0 Å². The summed E-state index contributed by atoms with van der Waals surface area (Å²) in [7, 11) is 0. The molecule has 138 valence electrons. The fourth-order valence-electron chi connectivity index (χ4n) is 3.60. The maximum atomic E-state index is 13.2. The van der Waals surface area contributed by atoms with E-state index in [-0.39, 0.29) is 11.9 Å². The molecule has 3 rings (SSSR count). The lowest BCUT2D eigenvalue weighted by molar-refractivity contribution is 0.0662. The normalized spacial score (nSPS) is 18.5. The van der Waals surface area contributed by atoms with Gasteiger partial charge in [0.2, 0.25) is 0 Å². The van der Waals surface area contributed by atoms with Gasteiger partial charge in [0.25, 0.3) is 5.91 Å². The van der Waals surface area contributed by atoms with Gasteiger partial charge in [-0.3, -0.25) is 4.79 Å². The Labute approximate surface area is 156 Å². The van der Waals surface area contributed by atoms with Gasteiger partial charge in [-0.05, 0) is 68.9 Å². The number of hydrogen-bond donors (Lipinski definition) is 2. The highest BCUT2D eigenvalue weighted by Gasteiger charge is 2.27. The summed E-state index contributed by atoms with van der Waals surface area (Å²) in [5, 5.41) is 3.46. The zero-order valence-corrected chi connectivity index (χ0v) is 16.0. The fraction of sp³-hybridized carbons (Fsp3) is 0.409. The van der Waals surface area contributed by atoms with Crippen molar-refractivity contribution in [3.05, 3.63) is 59.2 Å².